The molecule has 4 rings (SSSR count). The lowest BCUT2D eigenvalue weighted by atomic mass is 9.97. The molecule has 0 radical (unpaired) electrons. The van der Waals surface area contributed by atoms with Crippen LogP contribution in [0.15, 0.2) is 11.1 Å². The van der Waals surface area contributed by atoms with Crippen LogP contribution >= 0.6 is 11.3 Å². The highest BCUT2D eigenvalue weighted by atomic mass is 32.1. The maximum Gasteiger partial charge on any atom is 0.262 e. The molecule has 0 bridgehead atoms. The summed E-state index contributed by atoms with van der Waals surface area (Å²) in [5.74, 6) is 0.719. The highest BCUT2D eigenvalue weighted by molar-refractivity contribution is 7.18. The van der Waals surface area contributed by atoms with Crippen molar-refractivity contribution < 1.29 is 0 Å². The summed E-state index contributed by atoms with van der Waals surface area (Å²) >= 11 is 1.73. The van der Waals surface area contributed by atoms with Crippen LogP contribution in [-0.4, -0.2) is 9.55 Å². The van der Waals surface area contributed by atoms with E-state index in [9.17, 15) is 4.79 Å². The monoisotopic (exact) mass is 260 g/mol. The molecule has 18 heavy (non-hydrogen) atoms. The van der Waals surface area contributed by atoms with Gasteiger partial charge in [0.05, 0.1) is 11.7 Å². The van der Waals surface area contributed by atoms with E-state index in [-0.39, 0.29) is 5.56 Å². The molecule has 94 valence electrons. The molecule has 0 aromatic carbocycles. The van der Waals surface area contributed by atoms with E-state index in [1.54, 1.807) is 17.7 Å². The van der Waals surface area contributed by atoms with Crippen LogP contribution in [-0.2, 0) is 19.4 Å². The van der Waals surface area contributed by atoms with Crippen LogP contribution in [0.5, 0.6) is 0 Å². The van der Waals surface area contributed by atoms with Crippen LogP contribution in [0.4, 0.5) is 0 Å². The van der Waals surface area contributed by atoms with Gasteiger partial charge in [-0.2, -0.15) is 0 Å². The van der Waals surface area contributed by atoms with Gasteiger partial charge in [-0.3, -0.25) is 9.36 Å². The fourth-order valence-electron chi connectivity index (χ4n) is 2.89. The molecule has 3 nitrogen and oxygen atoms in total. The second-order valence-electron chi connectivity index (χ2n) is 5.54. The number of aryl methyl sites for hydroxylation is 2. The fraction of sp³-hybridized carbons (Fsp3) is 0.571. The Balaban J connectivity index is 1.91. The number of rotatable bonds is 2. The Bertz CT molecular complexity index is 666. The van der Waals surface area contributed by atoms with Crippen LogP contribution in [0.25, 0.3) is 10.2 Å². The van der Waals surface area contributed by atoms with Crippen molar-refractivity contribution in [3.8, 4) is 0 Å². The van der Waals surface area contributed by atoms with Gasteiger partial charge in [0, 0.05) is 11.4 Å². The van der Waals surface area contributed by atoms with Gasteiger partial charge in [-0.05, 0) is 50.0 Å². The number of hydrogen-bond acceptors (Lipinski definition) is 3. The van der Waals surface area contributed by atoms with Crippen LogP contribution < -0.4 is 5.56 Å². The lowest BCUT2D eigenvalue weighted by molar-refractivity contribution is 0.601. The largest absolute Gasteiger partial charge is 0.298 e. The van der Waals surface area contributed by atoms with E-state index >= 15 is 0 Å². The predicted molar refractivity (Wildman–Crippen MR) is 73.2 cm³/mol. The lowest BCUT2D eigenvalue weighted by Gasteiger charge is -2.10. The molecule has 1 saturated carbocycles. The Kier molecular flexibility index (Phi) is 2.34. The first-order valence-corrected chi connectivity index (χ1v) is 7.64. The Morgan fingerprint density at radius 3 is 3.00 bits per heavy atom. The number of nitrogens with zero attached hydrogens (tertiary/aromatic N) is 2. The molecule has 2 aromatic rings. The summed E-state index contributed by atoms with van der Waals surface area (Å²) in [6.07, 6.45) is 8.98. The molecule has 2 aliphatic rings. The molecule has 0 saturated heterocycles. The van der Waals surface area contributed by atoms with Crippen LogP contribution in [0, 0.1) is 5.92 Å². The van der Waals surface area contributed by atoms with Gasteiger partial charge >= 0.3 is 0 Å². The molecule has 2 aliphatic carbocycles. The van der Waals surface area contributed by atoms with E-state index in [4.69, 9.17) is 0 Å². The maximum atomic E-state index is 12.6. The fourth-order valence-corrected chi connectivity index (χ4v) is 4.11. The van der Waals surface area contributed by atoms with Gasteiger partial charge in [0.2, 0.25) is 0 Å². The summed E-state index contributed by atoms with van der Waals surface area (Å²) in [4.78, 5) is 19.4. The summed E-state index contributed by atoms with van der Waals surface area (Å²) in [7, 11) is 0. The summed E-state index contributed by atoms with van der Waals surface area (Å²) in [5, 5.41) is 0.929. The van der Waals surface area contributed by atoms with E-state index in [0.717, 1.165) is 35.5 Å². The third-order valence-corrected chi connectivity index (χ3v) is 5.29. The third-order valence-electron chi connectivity index (χ3n) is 4.09. The average Bonchev–Trinajstić information content (AvgIpc) is 3.11. The third kappa shape index (κ3) is 1.62. The van der Waals surface area contributed by atoms with Gasteiger partial charge in [-0.25, -0.2) is 4.98 Å². The molecular formula is C14H16N2OS. The van der Waals surface area contributed by atoms with Gasteiger partial charge in [-0.1, -0.05) is 0 Å². The van der Waals surface area contributed by atoms with E-state index in [0.29, 0.717) is 0 Å². The van der Waals surface area contributed by atoms with Crippen LogP contribution in [0.2, 0.25) is 0 Å². The standard InChI is InChI=1S/C14H16N2OS/c17-14-12-10-3-1-2-4-11(10)18-13(12)15-8-16(14)7-9-5-6-9/h8-9H,1-7H2. The minimum absolute atomic E-state index is 0.200. The molecule has 1 fully saturated rings. The summed E-state index contributed by atoms with van der Waals surface area (Å²) in [5.41, 5.74) is 1.51. The van der Waals surface area contributed by atoms with Crippen LogP contribution in [0.3, 0.4) is 0 Å². The van der Waals surface area contributed by atoms with Gasteiger partial charge in [0.25, 0.3) is 5.56 Å². The quantitative estimate of drug-likeness (QED) is 0.832. The Morgan fingerprint density at radius 2 is 2.17 bits per heavy atom. The zero-order chi connectivity index (χ0) is 12.1. The average molecular weight is 260 g/mol. The minimum Gasteiger partial charge on any atom is -0.298 e. The smallest absolute Gasteiger partial charge is 0.262 e. The SMILES string of the molecule is O=c1c2c3c(sc2ncn1CC1CC1)CCCC3. The summed E-state index contributed by atoms with van der Waals surface area (Å²) in [6.45, 7) is 0.867. The van der Waals surface area contributed by atoms with Crippen molar-refractivity contribution in [2.24, 2.45) is 5.92 Å². The molecular weight excluding hydrogens is 244 g/mol. The van der Waals surface area contributed by atoms with Gasteiger partial charge in [0.15, 0.2) is 0 Å². The van der Waals surface area contributed by atoms with Crippen molar-refractivity contribution >= 4 is 21.6 Å². The van der Waals surface area contributed by atoms with E-state index < -0.39 is 0 Å². The molecule has 0 spiro atoms. The van der Waals surface area contributed by atoms with Gasteiger partial charge < -0.3 is 0 Å². The second-order valence-corrected chi connectivity index (χ2v) is 6.62. The lowest BCUT2D eigenvalue weighted by Crippen LogP contribution is -2.21. The van der Waals surface area contributed by atoms with Crippen LogP contribution in [0.1, 0.15) is 36.1 Å². The Hall–Kier alpha value is -1.16. The van der Waals surface area contributed by atoms with E-state index in [1.807, 2.05) is 4.57 Å². The second kappa shape index (κ2) is 3.92. The first-order chi connectivity index (χ1) is 8.83. The van der Waals surface area contributed by atoms with Crippen molar-refractivity contribution in [3.05, 3.63) is 27.1 Å². The van der Waals surface area contributed by atoms with Gasteiger partial charge in [0.1, 0.15) is 4.83 Å². The molecule has 0 amide bonds. The maximum absolute atomic E-state index is 12.6. The number of aromatic nitrogens is 2. The van der Waals surface area contributed by atoms with Crippen molar-refractivity contribution in [1.29, 1.82) is 0 Å². The first-order valence-electron chi connectivity index (χ1n) is 6.82. The number of fused-ring (bicyclic) bond motifs is 3. The highest BCUT2D eigenvalue weighted by Gasteiger charge is 2.24. The topological polar surface area (TPSA) is 34.9 Å². The molecule has 4 heteroatoms. The van der Waals surface area contributed by atoms with Crippen molar-refractivity contribution in [2.45, 2.75) is 45.1 Å². The predicted octanol–water partition coefficient (Wildman–Crippen LogP) is 2.75. The molecule has 0 aliphatic heterocycles. The number of hydrogen-bond donors (Lipinski definition) is 0. The van der Waals surface area contributed by atoms with Crippen molar-refractivity contribution in [1.82, 2.24) is 9.55 Å². The summed E-state index contributed by atoms with van der Waals surface area (Å²) in [6, 6.07) is 0. The minimum atomic E-state index is 0.200. The number of thiophene rings is 1. The zero-order valence-corrected chi connectivity index (χ0v) is 11.1. The Labute approximate surface area is 109 Å². The molecule has 0 N–H and O–H groups in total. The first kappa shape index (κ1) is 10.7. The molecule has 0 unspecified atom stereocenters. The molecule has 2 heterocycles. The summed E-state index contributed by atoms with van der Waals surface area (Å²) < 4.78 is 1.83. The van der Waals surface area contributed by atoms with E-state index in [1.165, 1.54) is 36.1 Å². The van der Waals surface area contributed by atoms with Gasteiger partial charge in [-0.15, -0.1) is 11.3 Å². The highest BCUT2D eigenvalue weighted by Crippen LogP contribution is 2.34. The molecule has 0 atom stereocenters. The normalized spacial score (nSPS) is 19.1. The Morgan fingerprint density at radius 1 is 1.33 bits per heavy atom. The zero-order valence-electron chi connectivity index (χ0n) is 10.3. The van der Waals surface area contributed by atoms with Crippen molar-refractivity contribution in [2.75, 3.05) is 0 Å². The van der Waals surface area contributed by atoms with E-state index in [2.05, 4.69) is 4.98 Å². The van der Waals surface area contributed by atoms with Crippen molar-refractivity contribution in [3.63, 3.8) is 0 Å². The molecule has 2 aromatic heterocycles.